The minimum Gasteiger partial charge on any atom is -0.318 e. The fraction of sp³-hybridized carbons (Fsp3) is 0.364. The van der Waals surface area contributed by atoms with Crippen LogP contribution in [0.5, 0.6) is 0 Å². The fourth-order valence-corrected chi connectivity index (χ4v) is 1.63. The Bertz CT molecular complexity index is 405. The Morgan fingerprint density at radius 3 is 3.00 bits per heavy atom. The number of urea groups is 1. The van der Waals surface area contributed by atoms with Gasteiger partial charge in [0, 0.05) is 12.7 Å². The predicted molar refractivity (Wildman–Crippen MR) is 57.3 cm³/mol. The molecule has 5 nitrogen and oxygen atoms in total. The molecular formula is C11H13N3O2. The van der Waals surface area contributed by atoms with Gasteiger partial charge >= 0.3 is 6.03 Å². The van der Waals surface area contributed by atoms with Gasteiger partial charge < -0.3 is 4.90 Å². The highest BCUT2D eigenvalue weighted by Crippen LogP contribution is 2.10. The lowest BCUT2D eigenvalue weighted by Gasteiger charge is -2.29. The normalized spacial score (nSPS) is 20.8. The Hall–Kier alpha value is -1.91. The lowest BCUT2D eigenvalue weighted by molar-refractivity contribution is -0.125. The zero-order valence-electron chi connectivity index (χ0n) is 9.01. The number of amides is 3. The highest BCUT2D eigenvalue weighted by Gasteiger charge is 2.28. The van der Waals surface area contributed by atoms with Crippen molar-refractivity contribution in [3.05, 3.63) is 30.1 Å². The molecule has 1 atom stereocenters. The third-order valence-corrected chi connectivity index (χ3v) is 2.54. The van der Waals surface area contributed by atoms with E-state index in [1.54, 1.807) is 18.0 Å². The average molecular weight is 219 g/mol. The Labute approximate surface area is 93.5 Å². The van der Waals surface area contributed by atoms with Gasteiger partial charge in [0.1, 0.15) is 0 Å². The zero-order chi connectivity index (χ0) is 11.5. The van der Waals surface area contributed by atoms with Crippen LogP contribution in [0.1, 0.15) is 12.6 Å². The van der Waals surface area contributed by atoms with Crippen LogP contribution in [0.2, 0.25) is 0 Å². The Kier molecular flexibility index (Phi) is 2.85. The summed E-state index contributed by atoms with van der Waals surface area (Å²) in [7, 11) is 0. The van der Waals surface area contributed by atoms with Crippen LogP contribution in [0.15, 0.2) is 24.4 Å². The van der Waals surface area contributed by atoms with E-state index < -0.39 is 0 Å². The molecule has 5 heteroatoms. The molecule has 1 aromatic rings. The van der Waals surface area contributed by atoms with Crippen molar-refractivity contribution in [1.29, 1.82) is 0 Å². The molecule has 2 heterocycles. The van der Waals surface area contributed by atoms with E-state index in [4.69, 9.17) is 0 Å². The van der Waals surface area contributed by atoms with E-state index in [0.717, 1.165) is 5.69 Å². The third kappa shape index (κ3) is 2.18. The van der Waals surface area contributed by atoms with E-state index in [1.165, 1.54) is 0 Å². The molecule has 0 saturated carbocycles. The maximum Gasteiger partial charge on any atom is 0.324 e. The third-order valence-electron chi connectivity index (χ3n) is 2.54. The molecule has 1 aliphatic rings. The van der Waals surface area contributed by atoms with Gasteiger partial charge in [-0.25, -0.2) is 4.79 Å². The molecule has 1 aliphatic heterocycles. The number of nitrogens with zero attached hydrogens (tertiary/aromatic N) is 2. The number of nitrogens with one attached hydrogen (secondary N) is 1. The van der Waals surface area contributed by atoms with Crippen molar-refractivity contribution in [2.75, 3.05) is 6.54 Å². The molecule has 0 aliphatic carbocycles. The van der Waals surface area contributed by atoms with E-state index in [2.05, 4.69) is 10.3 Å². The first-order chi connectivity index (χ1) is 7.66. The van der Waals surface area contributed by atoms with Crippen molar-refractivity contribution in [2.45, 2.75) is 13.5 Å². The smallest absolute Gasteiger partial charge is 0.318 e. The Morgan fingerprint density at radius 2 is 2.31 bits per heavy atom. The number of carbonyl (C=O) groups excluding carboxylic acids is 2. The Morgan fingerprint density at radius 1 is 1.50 bits per heavy atom. The molecule has 1 N–H and O–H groups in total. The maximum atomic E-state index is 11.5. The molecule has 84 valence electrons. The van der Waals surface area contributed by atoms with Crippen LogP contribution in [0.25, 0.3) is 0 Å². The van der Waals surface area contributed by atoms with Gasteiger partial charge in [0.05, 0.1) is 18.2 Å². The summed E-state index contributed by atoms with van der Waals surface area (Å²) in [5, 5.41) is 2.32. The number of imide groups is 1. The second-order valence-electron chi connectivity index (χ2n) is 3.90. The molecule has 1 unspecified atom stereocenters. The van der Waals surface area contributed by atoms with Crippen LogP contribution in [0.3, 0.4) is 0 Å². The highest BCUT2D eigenvalue weighted by atomic mass is 16.2. The standard InChI is InChI=1S/C11H13N3O2/c1-8-6-14(11(16)13-10(8)15)7-9-4-2-3-5-12-9/h2-5,8H,6-7H2,1H3,(H,13,15,16). The predicted octanol–water partition coefficient (Wildman–Crippen LogP) is 0.769. The molecular weight excluding hydrogens is 206 g/mol. The summed E-state index contributed by atoms with van der Waals surface area (Å²) >= 11 is 0. The largest absolute Gasteiger partial charge is 0.324 e. The van der Waals surface area contributed by atoms with Crippen molar-refractivity contribution in [3.63, 3.8) is 0 Å². The van der Waals surface area contributed by atoms with Gasteiger partial charge in [-0.2, -0.15) is 0 Å². The van der Waals surface area contributed by atoms with Crippen molar-refractivity contribution in [1.82, 2.24) is 15.2 Å². The maximum absolute atomic E-state index is 11.5. The van der Waals surface area contributed by atoms with Crippen LogP contribution in [-0.2, 0) is 11.3 Å². The molecule has 0 aromatic carbocycles. The van der Waals surface area contributed by atoms with Crippen LogP contribution in [-0.4, -0.2) is 28.4 Å². The Balaban J connectivity index is 2.05. The number of carbonyl (C=O) groups is 2. The van der Waals surface area contributed by atoms with Crippen molar-refractivity contribution >= 4 is 11.9 Å². The van der Waals surface area contributed by atoms with Crippen molar-refractivity contribution < 1.29 is 9.59 Å². The number of aromatic nitrogens is 1. The van der Waals surface area contributed by atoms with Crippen molar-refractivity contribution in [2.24, 2.45) is 5.92 Å². The lowest BCUT2D eigenvalue weighted by Crippen LogP contribution is -2.53. The first-order valence-electron chi connectivity index (χ1n) is 5.16. The van der Waals surface area contributed by atoms with Gasteiger partial charge in [-0.1, -0.05) is 13.0 Å². The second-order valence-corrected chi connectivity index (χ2v) is 3.90. The lowest BCUT2D eigenvalue weighted by atomic mass is 10.1. The SMILES string of the molecule is CC1CN(Cc2ccccn2)C(=O)NC1=O. The molecule has 1 fully saturated rings. The number of rotatable bonds is 2. The van der Waals surface area contributed by atoms with Crippen LogP contribution in [0, 0.1) is 5.92 Å². The average Bonchev–Trinajstić information content (AvgIpc) is 2.27. The van der Waals surface area contributed by atoms with Gasteiger partial charge in [-0.05, 0) is 12.1 Å². The minimum absolute atomic E-state index is 0.165. The number of pyridine rings is 1. The van der Waals surface area contributed by atoms with Crippen LogP contribution >= 0.6 is 0 Å². The summed E-state index contributed by atoms with van der Waals surface area (Å²) in [5.41, 5.74) is 0.819. The summed E-state index contributed by atoms with van der Waals surface area (Å²) in [4.78, 5) is 28.5. The number of hydrogen-bond acceptors (Lipinski definition) is 3. The van der Waals surface area contributed by atoms with E-state index in [1.807, 2.05) is 18.2 Å². The van der Waals surface area contributed by atoms with Gasteiger partial charge in [0.25, 0.3) is 0 Å². The van der Waals surface area contributed by atoms with E-state index in [0.29, 0.717) is 13.1 Å². The summed E-state index contributed by atoms with van der Waals surface area (Å²) in [6.45, 7) is 2.68. The highest BCUT2D eigenvalue weighted by molar-refractivity contribution is 5.97. The molecule has 0 radical (unpaired) electrons. The number of hydrogen-bond donors (Lipinski definition) is 1. The molecule has 0 spiro atoms. The van der Waals surface area contributed by atoms with Gasteiger partial charge in [-0.3, -0.25) is 15.1 Å². The first-order valence-corrected chi connectivity index (χ1v) is 5.16. The van der Waals surface area contributed by atoms with Gasteiger partial charge in [0.15, 0.2) is 0 Å². The topological polar surface area (TPSA) is 62.3 Å². The zero-order valence-corrected chi connectivity index (χ0v) is 9.01. The minimum atomic E-state index is -0.339. The van der Waals surface area contributed by atoms with E-state index >= 15 is 0 Å². The summed E-state index contributed by atoms with van der Waals surface area (Å²) in [6.07, 6.45) is 1.69. The summed E-state index contributed by atoms with van der Waals surface area (Å²) < 4.78 is 0. The molecule has 16 heavy (non-hydrogen) atoms. The molecule has 3 amide bonds. The molecule has 2 rings (SSSR count). The molecule has 1 aromatic heterocycles. The summed E-state index contributed by atoms with van der Waals surface area (Å²) in [6, 6.07) is 5.22. The quantitative estimate of drug-likeness (QED) is 0.799. The van der Waals surface area contributed by atoms with Gasteiger partial charge in [0.2, 0.25) is 5.91 Å². The fourth-order valence-electron chi connectivity index (χ4n) is 1.63. The van der Waals surface area contributed by atoms with Crippen LogP contribution < -0.4 is 5.32 Å². The molecule has 1 saturated heterocycles. The monoisotopic (exact) mass is 219 g/mol. The molecule has 0 bridgehead atoms. The second kappa shape index (κ2) is 4.30. The van der Waals surface area contributed by atoms with Gasteiger partial charge in [-0.15, -0.1) is 0 Å². The first kappa shape index (κ1) is 10.6. The van der Waals surface area contributed by atoms with Crippen molar-refractivity contribution in [3.8, 4) is 0 Å². The van der Waals surface area contributed by atoms with E-state index in [-0.39, 0.29) is 17.9 Å². The van der Waals surface area contributed by atoms with E-state index in [9.17, 15) is 9.59 Å². The summed E-state index contributed by atoms with van der Waals surface area (Å²) in [5.74, 6) is -0.372. The van der Waals surface area contributed by atoms with Crippen LogP contribution in [0.4, 0.5) is 4.79 Å².